The van der Waals surface area contributed by atoms with Gasteiger partial charge in [0.2, 0.25) is 5.91 Å². The Kier molecular flexibility index (Phi) is 5.86. The van der Waals surface area contributed by atoms with Crippen LogP contribution in [-0.4, -0.2) is 20.9 Å². The van der Waals surface area contributed by atoms with Crippen molar-refractivity contribution in [1.82, 2.24) is 15.3 Å². The molecule has 142 valence electrons. The molecule has 0 saturated heterocycles. The third-order valence-corrected chi connectivity index (χ3v) is 5.23. The van der Waals surface area contributed by atoms with E-state index in [1.165, 1.54) is 6.07 Å². The van der Waals surface area contributed by atoms with Gasteiger partial charge in [-0.2, -0.15) is 5.10 Å². The zero-order chi connectivity index (χ0) is 19.4. The molecule has 0 radical (unpaired) electrons. The molecule has 6 heteroatoms. The largest absolute Gasteiger partial charge is 0.289 e. The van der Waals surface area contributed by atoms with Gasteiger partial charge < -0.3 is 0 Å². The van der Waals surface area contributed by atoms with Crippen LogP contribution in [0.1, 0.15) is 41.9 Å². The van der Waals surface area contributed by atoms with E-state index in [1.807, 2.05) is 30.1 Å². The lowest BCUT2D eigenvalue weighted by Crippen LogP contribution is -2.19. The van der Waals surface area contributed by atoms with Gasteiger partial charge in [0.25, 0.3) is 0 Å². The lowest BCUT2D eigenvalue weighted by atomic mass is 9.87. The SMILES string of the molecule is Cc1c(F)cccc1CC[C@H](CCC(=O)NO)c1ccc2cnn(C)c2c1. The Balaban J connectivity index is 1.83. The first kappa shape index (κ1) is 19.0. The van der Waals surface area contributed by atoms with Crippen LogP contribution < -0.4 is 5.48 Å². The van der Waals surface area contributed by atoms with Gasteiger partial charge in [0.15, 0.2) is 0 Å². The van der Waals surface area contributed by atoms with Gasteiger partial charge in [0.1, 0.15) is 5.82 Å². The van der Waals surface area contributed by atoms with Crippen molar-refractivity contribution in [2.45, 2.75) is 38.5 Å². The summed E-state index contributed by atoms with van der Waals surface area (Å²) in [6, 6.07) is 11.3. The van der Waals surface area contributed by atoms with Crippen LogP contribution in [0.3, 0.4) is 0 Å². The smallest absolute Gasteiger partial charge is 0.243 e. The van der Waals surface area contributed by atoms with Crippen molar-refractivity contribution in [2.75, 3.05) is 0 Å². The minimum absolute atomic E-state index is 0.115. The number of nitrogens with zero attached hydrogens (tertiary/aromatic N) is 2. The van der Waals surface area contributed by atoms with Gasteiger partial charge in [0.05, 0.1) is 11.7 Å². The van der Waals surface area contributed by atoms with Gasteiger partial charge in [-0.3, -0.25) is 14.7 Å². The molecule has 2 N–H and O–H groups in total. The Bertz CT molecular complexity index is 952. The molecule has 0 aliphatic heterocycles. The Morgan fingerprint density at radius 2 is 2.11 bits per heavy atom. The molecule has 27 heavy (non-hydrogen) atoms. The summed E-state index contributed by atoms with van der Waals surface area (Å²) < 4.78 is 15.6. The number of carbonyl (C=O) groups is 1. The van der Waals surface area contributed by atoms with E-state index in [0.717, 1.165) is 34.9 Å². The summed E-state index contributed by atoms with van der Waals surface area (Å²) in [6.07, 6.45) is 4.16. The number of halogens is 1. The highest BCUT2D eigenvalue weighted by atomic mass is 19.1. The number of benzene rings is 2. The second kappa shape index (κ2) is 8.31. The van der Waals surface area contributed by atoms with Crippen molar-refractivity contribution in [3.8, 4) is 0 Å². The fraction of sp³-hybridized carbons (Fsp3) is 0.333. The molecule has 1 aromatic heterocycles. The monoisotopic (exact) mass is 369 g/mol. The van der Waals surface area contributed by atoms with Crippen LogP contribution in [0.15, 0.2) is 42.6 Å². The maximum Gasteiger partial charge on any atom is 0.243 e. The first-order valence-corrected chi connectivity index (χ1v) is 9.08. The zero-order valence-corrected chi connectivity index (χ0v) is 15.6. The van der Waals surface area contributed by atoms with Gasteiger partial charge in [-0.15, -0.1) is 0 Å². The Labute approximate surface area is 157 Å². The highest BCUT2D eigenvalue weighted by Crippen LogP contribution is 2.30. The summed E-state index contributed by atoms with van der Waals surface area (Å²) in [5.74, 6) is -0.479. The second-order valence-electron chi connectivity index (χ2n) is 6.92. The van der Waals surface area contributed by atoms with Crippen molar-refractivity contribution in [1.29, 1.82) is 0 Å². The number of hydroxylamine groups is 1. The van der Waals surface area contributed by atoms with Crippen molar-refractivity contribution in [3.05, 3.63) is 65.1 Å². The zero-order valence-electron chi connectivity index (χ0n) is 15.6. The summed E-state index contributed by atoms with van der Waals surface area (Å²) >= 11 is 0. The van der Waals surface area contributed by atoms with E-state index < -0.39 is 5.91 Å². The molecule has 0 spiro atoms. The highest BCUT2D eigenvalue weighted by molar-refractivity contribution is 5.79. The van der Waals surface area contributed by atoms with Gasteiger partial charge in [0, 0.05) is 18.9 Å². The Hall–Kier alpha value is -2.73. The number of nitrogens with one attached hydrogen (secondary N) is 1. The molecule has 1 heterocycles. The summed E-state index contributed by atoms with van der Waals surface area (Å²) in [6.45, 7) is 1.79. The van der Waals surface area contributed by atoms with Crippen LogP contribution in [0.2, 0.25) is 0 Å². The van der Waals surface area contributed by atoms with E-state index >= 15 is 0 Å². The van der Waals surface area contributed by atoms with Crippen LogP contribution in [0.25, 0.3) is 10.9 Å². The number of aromatic nitrogens is 2. The average Bonchev–Trinajstić information content (AvgIpc) is 3.05. The van der Waals surface area contributed by atoms with E-state index in [9.17, 15) is 9.18 Å². The fourth-order valence-electron chi connectivity index (χ4n) is 3.51. The molecule has 0 aliphatic rings. The minimum atomic E-state index is -0.399. The minimum Gasteiger partial charge on any atom is -0.289 e. The lowest BCUT2D eigenvalue weighted by Gasteiger charge is -2.18. The number of fused-ring (bicyclic) bond motifs is 1. The van der Waals surface area contributed by atoms with Crippen molar-refractivity contribution < 1.29 is 14.4 Å². The molecule has 1 amide bonds. The van der Waals surface area contributed by atoms with E-state index in [4.69, 9.17) is 5.21 Å². The fourth-order valence-corrected chi connectivity index (χ4v) is 3.51. The molecule has 1 atom stereocenters. The molecule has 3 rings (SSSR count). The third-order valence-electron chi connectivity index (χ3n) is 5.23. The first-order chi connectivity index (χ1) is 13.0. The molecule has 3 aromatic rings. The molecular weight excluding hydrogens is 345 g/mol. The van der Waals surface area contributed by atoms with Crippen molar-refractivity contribution in [3.63, 3.8) is 0 Å². The lowest BCUT2D eigenvalue weighted by molar-refractivity contribution is -0.129. The van der Waals surface area contributed by atoms with Crippen LogP contribution in [0.5, 0.6) is 0 Å². The maximum atomic E-state index is 13.8. The third kappa shape index (κ3) is 4.34. The highest BCUT2D eigenvalue weighted by Gasteiger charge is 2.16. The molecule has 0 bridgehead atoms. The van der Waals surface area contributed by atoms with Gasteiger partial charge in [-0.1, -0.05) is 24.3 Å². The van der Waals surface area contributed by atoms with E-state index in [2.05, 4.69) is 17.2 Å². The Morgan fingerprint density at radius 1 is 1.30 bits per heavy atom. The summed E-state index contributed by atoms with van der Waals surface area (Å²) in [4.78, 5) is 11.5. The number of aryl methyl sites for hydroxylation is 2. The molecule has 0 saturated carbocycles. The number of hydrogen-bond acceptors (Lipinski definition) is 3. The Morgan fingerprint density at radius 3 is 2.89 bits per heavy atom. The number of amides is 1. The quantitative estimate of drug-likeness (QED) is 0.488. The van der Waals surface area contributed by atoms with Gasteiger partial charge in [-0.25, -0.2) is 9.87 Å². The van der Waals surface area contributed by atoms with Crippen LogP contribution in [-0.2, 0) is 18.3 Å². The summed E-state index contributed by atoms with van der Waals surface area (Å²) in [5, 5.41) is 14.1. The topological polar surface area (TPSA) is 67.2 Å². The van der Waals surface area contributed by atoms with E-state index in [1.54, 1.807) is 18.5 Å². The van der Waals surface area contributed by atoms with Crippen LogP contribution in [0, 0.1) is 12.7 Å². The summed E-state index contributed by atoms with van der Waals surface area (Å²) in [5.41, 5.74) is 5.50. The molecular formula is C21H24FN3O2. The standard InChI is InChI=1S/C21H24FN3O2/c1-14-15(4-3-5-19(14)22)6-7-16(10-11-21(26)24-27)17-8-9-18-13-23-25(2)20(18)12-17/h3-5,8-9,12-13,16,27H,6-7,10-11H2,1-2H3,(H,24,26)/t16-/m1/s1. The predicted octanol–water partition coefficient (Wildman–Crippen LogP) is 4.02. The number of rotatable bonds is 7. The van der Waals surface area contributed by atoms with E-state index in [0.29, 0.717) is 12.0 Å². The molecule has 0 aliphatic carbocycles. The summed E-state index contributed by atoms with van der Waals surface area (Å²) in [7, 11) is 1.90. The van der Waals surface area contributed by atoms with Crippen LogP contribution >= 0.6 is 0 Å². The first-order valence-electron chi connectivity index (χ1n) is 9.08. The van der Waals surface area contributed by atoms with Gasteiger partial charge in [-0.05, 0) is 60.9 Å². The molecule has 5 nitrogen and oxygen atoms in total. The second-order valence-corrected chi connectivity index (χ2v) is 6.92. The molecule has 0 fully saturated rings. The predicted molar refractivity (Wildman–Crippen MR) is 102 cm³/mol. The van der Waals surface area contributed by atoms with Crippen LogP contribution in [0.4, 0.5) is 4.39 Å². The molecule has 2 aromatic carbocycles. The average molecular weight is 369 g/mol. The number of hydrogen-bond donors (Lipinski definition) is 2. The van der Waals surface area contributed by atoms with Gasteiger partial charge >= 0.3 is 0 Å². The van der Waals surface area contributed by atoms with Crippen molar-refractivity contribution >= 4 is 16.8 Å². The van der Waals surface area contributed by atoms with Crippen molar-refractivity contribution in [2.24, 2.45) is 7.05 Å². The normalized spacial score (nSPS) is 12.3. The maximum absolute atomic E-state index is 13.8. The van der Waals surface area contributed by atoms with E-state index in [-0.39, 0.29) is 18.2 Å². The molecule has 0 unspecified atom stereocenters. The number of carbonyl (C=O) groups excluding carboxylic acids is 1.